The summed E-state index contributed by atoms with van der Waals surface area (Å²) in [5, 5.41) is 12.1. The Balaban J connectivity index is 1.39. The van der Waals surface area contributed by atoms with Crippen molar-refractivity contribution in [2.24, 2.45) is 16.6 Å². The zero-order chi connectivity index (χ0) is 27.1. The summed E-state index contributed by atoms with van der Waals surface area (Å²) in [5.74, 6) is -6.42. The fraction of sp³-hybridized carbons (Fsp3) is 0.417. The van der Waals surface area contributed by atoms with Gasteiger partial charge in [-0.05, 0) is 19.9 Å². The van der Waals surface area contributed by atoms with Crippen molar-refractivity contribution in [2.75, 3.05) is 12.0 Å². The van der Waals surface area contributed by atoms with Crippen LogP contribution in [0.3, 0.4) is 0 Å². The molecule has 1 unspecified atom stereocenters. The maximum Gasteiger partial charge on any atom is 0.269 e. The minimum Gasteiger partial charge on any atom is -0.482 e. The summed E-state index contributed by atoms with van der Waals surface area (Å²) in [6, 6.07) is 1.62. The average molecular weight is 550 g/mol. The number of aliphatic imine (C=N–C) groups is 1. The Hall–Kier alpha value is -3.55. The lowest BCUT2D eigenvalue weighted by Crippen LogP contribution is -2.68. The van der Waals surface area contributed by atoms with Gasteiger partial charge in [-0.1, -0.05) is 0 Å². The van der Waals surface area contributed by atoms with Gasteiger partial charge in [0.15, 0.2) is 24.1 Å². The van der Waals surface area contributed by atoms with E-state index in [4.69, 9.17) is 20.3 Å². The van der Waals surface area contributed by atoms with E-state index < -0.39 is 45.0 Å². The van der Waals surface area contributed by atoms with E-state index in [-0.39, 0.29) is 31.2 Å². The van der Waals surface area contributed by atoms with Crippen LogP contribution in [-0.4, -0.2) is 54.7 Å². The van der Waals surface area contributed by atoms with E-state index in [1.54, 1.807) is 6.07 Å². The second-order valence-electron chi connectivity index (χ2n) is 9.99. The lowest BCUT2D eigenvalue weighted by atomic mass is 9.68. The van der Waals surface area contributed by atoms with Crippen molar-refractivity contribution in [3.63, 3.8) is 0 Å². The summed E-state index contributed by atoms with van der Waals surface area (Å²) < 4.78 is 69.3. The third kappa shape index (κ3) is 3.18. The second kappa shape index (κ2) is 7.98. The van der Waals surface area contributed by atoms with Crippen LogP contribution in [0.15, 0.2) is 57.6 Å². The minimum absolute atomic E-state index is 0.0597. The van der Waals surface area contributed by atoms with Gasteiger partial charge in [-0.25, -0.2) is 27.5 Å². The second-order valence-corrected chi connectivity index (χ2v) is 11.3. The molecule has 6 rings (SSSR count). The monoisotopic (exact) mass is 549 g/mol. The van der Waals surface area contributed by atoms with Crippen molar-refractivity contribution in [3.8, 4) is 5.75 Å². The van der Waals surface area contributed by atoms with E-state index >= 15 is 13.2 Å². The summed E-state index contributed by atoms with van der Waals surface area (Å²) in [6.07, 6.45) is 4.88. The fourth-order valence-electron chi connectivity index (χ4n) is 5.87. The number of alkyl halides is 2. The number of pyridine rings is 1. The molecule has 2 aromatic heterocycles. The van der Waals surface area contributed by atoms with E-state index in [1.807, 2.05) is 0 Å². The number of ether oxygens (including phenoxy) is 1. The van der Waals surface area contributed by atoms with E-state index in [2.05, 4.69) is 20.3 Å². The van der Waals surface area contributed by atoms with E-state index in [0.29, 0.717) is 17.3 Å². The van der Waals surface area contributed by atoms with Gasteiger partial charge >= 0.3 is 0 Å². The van der Waals surface area contributed by atoms with Gasteiger partial charge in [-0.2, -0.15) is 0 Å². The summed E-state index contributed by atoms with van der Waals surface area (Å²) in [4.78, 5) is 14.2. The van der Waals surface area contributed by atoms with Gasteiger partial charge in [0.2, 0.25) is 5.89 Å². The Morgan fingerprint density at radius 3 is 2.82 bits per heavy atom. The van der Waals surface area contributed by atoms with E-state index in [9.17, 15) is 4.39 Å². The third-order valence-corrected chi connectivity index (χ3v) is 9.19. The van der Waals surface area contributed by atoms with Crippen molar-refractivity contribution in [1.82, 2.24) is 14.9 Å². The summed E-state index contributed by atoms with van der Waals surface area (Å²) in [5.41, 5.74) is 4.04. The predicted octanol–water partition coefficient (Wildman–Crippen LogP) is 4.35. The largest absolute Gasteiger partial charge is 0.482 e. The lowest BCUT2D eigenvalue weighted by molar-refractivity contribution is 0.0384. The number of nitrogens with two attached hydrogens (primary N) is 1. The molecule has 0 radical (unpaired) electrons. The van der Waals surface area contributed by atoms with Gasteiger partial charge in [0.25, 0.3) is 5.92 Å². The molecule has 1 saturated carbocycles. The Morgan fingerprint density at radius 1 is 1.32 bits per heavy atom. The van der Waals surface area contributed by atoms with Gasteiger partial charge in [0, 0.05) is 12.5 Å². The van der Waals surface area contributed by atoms with Gasteiger partial charge in [-0.15, -0.1) is 11.8 Å². The number of thioether (sulfide) groups is 1. The van der Waals surface area contributed by atoms with Crippen LogP contribution in [0.5, 0.6) is 5.75 Å². The number of anilines is 1. The fourth-order valence-corrected chi connectivity index (χ4v) is 7.09. The van der Waals surface area contributed by atoms with Crippen LogP contribution in [0.4, 0.5) is 23.2 Å². The molecule has 9 nitrogen and oxygen atoms in total. The van der Waals surface area contributed by atoms with Gasteiger partial charge in [0.1, 0.15) is 17.7 Å². The first-order valence-corrected chi connectivity index (χ1v) is 12.6. The maximum atomic E-state index is 15.2. The van der Waals surface area contributed by atoms with Crippen LogP contribution in [0, 0.1) is 11.3 Å². The van der Waals surface area contributed by atoms with Crippen LogP contribution < -0.4 is 15.8 Å². The summed E-state index contributed by atoms with van der Waals surface area (Å²) in [7, 11) is 0. The SMILES string of the molecule is CC12SC=N[C@](C)([C@@]3(N4CNc5cc(OCc6ncco6)cnc5C4=N)C=C(F)C(F)=C(N)C3)[C@H]1C2(F)F. The molecule has 0 bridgehead atoms. The number of halogens is 4. The smallest absolute Gasteiger partial charge is 0.269 e. The number of nitrogens with one attached hydrogen (secondary N) is 2. The first kappa shape index (κ1) is 24.8. The Labute approximate surface area is 218 Å². The highest BCUT2D eigenvalue weighted by molar-refractivity contribution is 8.13. The molecule has 2 aromatic rings. The third-order valence-electron chi connectivity index (χ3n) is 7.98. The maximum absolute atomic E-state index is 15.2. The highest BCUT2D eigenvalue weighted by atomic mass is 32.2. The lowest BCUT2D eigenvalue weighted by Gasteiger charge is -2.55. The van der Waals surface area contributed by atoms with E-state index in [1.165, 1.54) is 43.0 Å². The molecule has 38 heavy (non-hydrogen) atoms. The molecular weight excluding hydrogens is 526 g/mol. The molecule has 0 spiro atoms. The molecule has 2 aliphatic carbocycles. The molecular formula is C24H23F4N7O2S. The number of hydrogen-bond acceptors (Lipinski definition) is 9. The summed E-state index contributed by atoms with van der Waals surface area (Å²) >= 11 is 0.911. The standard InChI is InChI=1S/C24H23F4N7O2S/c1-21(20-22(2,24(20,27)28)38-11-34-21)23(6-13(25)17(26)14(29)7-23)35-10-33-15-5-12(8-32-18(15)19(35)30)37-9-16-31-3-4-36-16/h3-6,8,11,20,30,33H,7,9-10,29H2,1-2H3/t20-,21+,22?,23-/m1/s1. The number of aromatic nitrogens is 2. The van der Waals surface area contributed by atoms with Crippen molar-refractivity contribution >= 4 is 28.8 Å². The number of nitrogens with zero attached hydrogens (tertiary/aromatic N) is 4. The molecule has 4 N–H and O–H groups in total. The zero-order valence-corrected chi connectivity index (χ0v) is 21.1. The predicted molar refractivity (Wildman–Crippen MR) is 132 cm³/mol. The minimum atomic E-state index is -3.13. The number of rotatable bonds is 5. The molecule has 0 amide bonds. The molecule has 0 aromatic carbocycles. The van der Waals surface area contributed by atoms with Gasteiger partial charge in [-0.3, -0.25) is 10.4 Å². The van der Waals surface area contributed by atoms with Gasteiger partial charge < -0.3 is 25.1 Å². The number of amidine groups is 1. The van der Waals surface area contributed by atoms with Crippen molar-refractivity contribution < 1.29 is 26.7 Å². The summed E-state index contributed by atoms with van der Waals surface area (Å²) in [6.45, 7) is 2.87. The normalized spacial score (nSPS) is 33.3. The molecule has 14 heteroatoms. The zero-order valence-electron chi connectivity index (χ0n) is 20.3. The highest BCUT2D eigenvalue weighted by Gasteiger charge is 2.87. The van der Waals surface area contributed by atoms with Crippen molar-refractivity contribution in [1.29, 1.82) is 5.41 Å². The first-order valence-electron chi connectivity index (χ1n) is 11.7. The van der Waals surface area contributed by atoms with Crippen molar-refractivity contribution in [3.05, 3.63) is 59.7 Å². The molecule has 4 heterocycles. The van der Waals surface area contributed by atoms with Crippen molar-refractivity contribution in [2.45, 2.75) is 48.6 Å². The topological polar surface area (TPSA) is 126 Å². The van der Waals surface area contributed by atoms with Crippen LogP contribution >= 0.6 is 11.8 Å². The first-order chi connectivity index (χ1) is 17.9. The molecule has 200 valence electrons. The Morgan fingerprint density at radius 2 is 2.11 bits per heavy atom. The number of allylic oxidation sites excluding steroid dienone is 2. The highest BCUT2D eigenvalue weighted by Crippen LogP contribution is 2.74. The number of fused-ring (bicyclic) bond motifs is 2. The Kier molecular flexibility index (Phi) is 5.20. The molecule has 2 aliphatic heterocycles. The van der Waals surface area contributed by atoms with Crippen LogP contribution in [0.1, 0.15) is 31.9 Å². The molecule has 0 saturated heterocycles. The quantitative estimate of drug-likeness (QED) is 0.470. The van der Waals surface area contributed by atoms with Crippen LogP contribution in [-0.2, 0) is 6.61 Å². The van der Waals surface area contributed by atoms with Crippen LogP contribution in [0.25, 0.3) is 0 Å². The van der Waals surface area contributed by atoms with Crippen LogP contribution in [0.2, 0.25) is 0 Å². The molecule has 1 fully saturated rings. The van der Waals surface area contributed by atoms with Gasteiger partial charge in [0.05, 0.1) is 57.7 Å². The number of oxazole rings is 1. The number of hydrogen-bond donors (Lipinski definition) is 3. The Bertz CT molecular complexity index is 1430. The molecule has 4 atom stereocenters. The molecule has 4 aliphatic rings. The van der Waals surface area contributed by atoms with E-state index in [0.717, 1.165) is 17.8 Å². The average Bonchev–Trinajstić information content (AvgIpc) is 3.18.